The van der Waals surface area contributed by atoms with Gasteiger partial charge in [-0.3, -0.25) is 9.69 Å². The predicted octanol–water partition coefficient (Wildman–Crippen LogP) is 3.98. The standard InChI is InChI=1S/C19H29F2N3O/c1-2-11-23(14-18(20)21)15-19(25)22-16-7-9-17(10-8-16)24-12-5-3-4-6-13-24/h7-10,18H,2-6,11-15H2,1H3,(H,22,25). The van der Waals surface area contributed by atoms with E-state index in [-0.39, 0.29) is 19.0 Å². The van der Waals surface area contributed by atoms with Gasteiger partial charge in [0.25, 0.3) is 6.43 Å². The number of anilines is 2. The van der Waals surface area contributed by atoms with Crippen LogP contribution in [0.15, 0.2) is 24.3 Å². The van der Waals surface area contributed by atoms with Gasteiger partial charge in [0.15, 0.2) is 0 Å². The molecule has 0 atom stereocenters. The second-order valence-corrected chi connectivity index (χ2v) is 6.62. The van der Waals surface area contributed by atoms with E-state index in [0.717, 1.165) is 19.5 Å². The van der Waals surface area contributed by atoms with Gasteiger partial charge in [0, 0.05) is 24.5 Å². The summed E-state index contributed by atoms with van der Waals surface area (Å²) in [6.45, 7) is 4.18. The van der Waals surface area contributed by atoms with Crippen molar-refractivity contribution >= 4 is 17.3 Å². The summed E-state index contributed by atoms with van der Waals surface area (Å²) < 4.78 is 25.1. The summed E-state index contributed by atoms with van der Waals surface area (Å²) in [5.41, 5.74) is 1.88. The molecule has 1 aliphatic rings. The lowest BCUT2D eigenvalue weighted by atomic mass is 10.2. The van der Waals surface area contributed by atoms with Gasteiger partial charge in [-0.15, -0.1) is 0 Å². The molecule has 1 aliphatic heterocycles. The number of carbonyl (C=O) groups excluding carboxylic acids is 1. The summed E-state index contributed by atoms with van der Waals surface area (Å²) in [6.07, 6.45) is 3.33. The van der Waals surface area contributed by atoms with Gasteiger partial charge >= 0.3 is 0 Å². The van der Waals surface area contributed by atoms with Crippen LogP contribution in [0.5, 0.6) is 0 Å². The molecule has 0 bridgehead atoms. The minimum atomic E-state index is -2.42. The highest BCUT2D eigenvalue weighted by Crippen LogP contribution is 2.21. The zero-order chi connectivity index (χ0) is 18.1. The third-order valence-corrected chi connectivity index (χ3v) is 4.43. The third kappa shape index (κ3) is 6.98. The number of nitrogens with zero attached hydrogens (tertiary/aromatic N) is 2. The van der Waals surface area contributed by atoms with Crippen LogP contribution in [-0.4, -0.2) is 50.0 Å². The molecule has 25 heavy (non-hydrogen) atoms. The average Bonchev–Trinajstić information content (AvgIpc) is 2.84. The van der Waals surface area contributed by atoms with Crippen LogP contribution in [0.3, 0.4) is 0 Å². The van der Waals surface area contributed by atoms with Gasteiger partial charge in [-0.1, -0.05) is 19.8 Å². The molecule has 1 saturated heterocycles. The predicted molar refractivity (Wildman–Crippen MR) is 98.5 cm³/mol. The topological polar surface area (TPSA) is 35.6 Å². The zero-order valence-electron chi connectivity index (χ0n) is 15.0. The van der Waals surface area contributed by atoms with Crippen LogP contribution in [0.1, 0.15) is 39.0 Å². The molecule has 1 aromatic rings. The Hall–Kier alpha value is -1.69. The second kappa shape index (κ2) is 10.3. The van der Waals surface area contributed by atoms with E-state index in [1.165, 1.54) is 36.3 Å². The van der Waals surface area contributed by atoms with Gasteiger partial charge in [-0.25, -0.2) is 8.78 Å². The van der Waals surface area contributed by atoms with Crippen LogP contribution in [0.4, 0.5) is 20.2 Å². The maximum absolute atomic E-state index is 12.6. The number of hydrogen-bond acceptors (Lipinski definition) is 3. The average molecular weight is 353 g/mol. The summed E-state index contributed by atoms with van der Waals surface area (Å²) in [5.74, 6) is -0.253. The molecule has 0 aliphatic carbocycles. The van der Waals surface area contributed by atoms with Crippen molar-refractivity contribution in [2.24, 2.45) is 0 Å². The summed E-state index contributed by atoms with van der Waals surface area (Å²) >= 11 is 0. The van der Waals surface area contributed by atoms with Crippen molar-refractivity contribution in [2.75, 3.05) is 42.9 Å². The van der Waals surface area contributed by atoms with E-state index in [0.29, 0.717) is 12.2 Å². The number of carbonyl (C=O) groups is 1. The molecule has 1 amide bonds. The third-order valence-electron chi connectivity index (χ3n) is 4.43. The molecule has 0 radical (unpaired) electrons. The van der Waals surface area contributed by atoms with E-state index >= 15 is 0 Å². The van der Waals surface area contributed by atoms with Crippen molar-refractivity contribution in [3.8, 4) is 0 Å². The number of nitrogens with one attached hydrogen (secondary N) is 1. The van der Waals surface area contributed by atoms with Gasteiger partial charge in [-0.2, -0.15) is 0 Å². The monoisotopic (exact) mass is 353 g/mol. The number of rotatable bonds is 8. The summed E-state index contributed by atoms with van der Waals surface area (Å²) in [4.78, 5) is 16.0. The molecule has 0 unspecified atom stereocenters. The molecule has 1 heterocycles. The number of benzene rings is 1. The van der Waals surface area contributed by atoms with Gasteiger partial charge in [0.05, 0.1) is 13.1 Å². The first-order valence-corrected chi connectivity index (χ1v) is 9.24. The second-order valence-electron chi connectivity index (χ2n) is 6.62. The van der Waals surface area contributed by atoms with E-state index in [9.17, 15) is 13.6 Å². The van der Waals surface area contributed by atoms with Crippen LogP contribution in [0.2, 0.25) is 0 Å². The normalized spacial score (nSPS) is 15.5. The van der Waals surface area contributed by atoms with Crippen LogP contribution in [0, 0.1) is 0 Å². The molecule has 1 fully saturated rings. The summed E-state index contributed by atoms with van der Waals surface area (Å²) in [5, 5.41) is 2.80. The van der Waals surface area contributed by atoms with E-state index in [1.807, 2.05) is 31.2 Å². The first-order chi connectivity index (χ1) is 12.1. The largest absolute Gasteiger partial charge is 0.372 e. The highest BCUT2D eigenvalue weighted by Gasteiger charge is 2.15. The van der Waals surface area contributed by atoms with Gasteiger partial charge in [-0.05, 0) is 50.1 Å². The first kappa shape index (κ1) is 19.6. The minimum Gasteiger partial charge on any atom is -0.372 e. The van der Waals surface area contributed by atoms with Gasteiger partial charge < -0.3 is 10.2 Å². The molecule has 2 rings (SSSR count). The minimum absolute atomic E-state index is 0.00788. The van der Waals surface area contributed by atoms with Crippen LogP contribution < -0.4 is 10.2 Å². The Labute approximate surface area is 149 Å². The van der Waals surface area contributed by atoms with Crippen LogP contribution in [0.25, 0.3) is 0 Å². The Morgan fingerprint density at radius 1 is 1.16 bits per heavy atom. The summed E-state index contributed by atoms with van der Waals surface area (Å²) in [7, 11) is 0. The van der Waals surface area contributed by atoms with Crippen LogP contribution >= 0.6 is 0 Å². The fourth-order valence-electron chi connectivity index (χ4n) is 3.23. The van der Waals surface area contributed by atoms with E-state index in [2.05, 4.69) is 10.2 Å². The molecular formula is C19H29F2N3O. The Morgan fingerprint density at radius 2 is 1.80 bits per heavy atom. The fourth-order valence-corrected chi connectivity index (χ4v) is 3.23. The van der Waals surface area contributed by atoms with Crippen molar-refractivity contribution in [3.63, 3.8) is 0 Å². The highest BCUT2D eigenvalue weighted by atomic mass is 19.3. The molecule has 0 saturated carbocycles. The Balaban J connectivity index is 1.87. The molecular weight excluding hydrogens is 324 g/mol. The summed E-state index contributed by atoms with van der Waals surface area (Å²) in [6, 6.07) is 7.80. The molecule has 1 aromatic carbocycles. The van der Waals surface area contributed by atoms with E-state index in [1.54, 1.807) is 0 Å². The maximum Gasteiger partial charge on any atom is 0.251 e. The Morgan fingerprint density at radius 3 is 2.36 bits per heavy atom. The first-order valence-electron chi connectivity index (χ1n) is 9.24. The zero-order valence-corrected chi connectivity index (χ0v) is 15.0. The number of alkyl halides is 2. The molecule has 0 spiro atoms. The molecule has 1 N–H and O–H groups in total. The van der Waals surface area contributed by atoms with E-state index < -0.39 is 6.43 Å². The Kier molecular flexibility index (Phi) is 8.12. The SMILES string of the molecule is CCCN(CC(=O)Nc1ccc(N2CCCCCC2)cc1)CC(F)F. The lowest BCUT2D eigenvalue weighted by molar-refractivity contribution is -0.117. The van der Waals surface area contributed by atoms with Gasteiger partial charge in [0.1, 0.15) is 0 Å². The molecule has 4 nitrogen and oxygen atoms in total. The smallest absolute Gasteiger partial charge is 0.251 e. The lowest BCUT2D eigenvalue weighted by Gasteiger charge is -2.23. The number of amides is 1. The molecule has 140 valence electrons. The number of hydrogen-bond donors (Lipinski definition) is 1. The number of halogens is 2. The molecule has 6 heteroatoms. The fraction of sp³-hybridized carbons (Fsp3) is 0.632. The Bertz CT molecular complexity index is 514. The van der Waals surface area contributed by atoms with Gasteiger partial charge in [0.2, 0.25) is 5.91 Å². The van der Waals surface area contributed by atoms with Crippen LogP contribution in [-0.2, 0) is 4.79 Å². The van der Waals surface area contributed by atoms with Crippen molar-refractivity contribution in [2.45, 2.75) is 45.5 Å². The quantitative estimate of drug-likeness (QED) is 0.768. The van der Waals surface area contributed by atoms with Crippen molar-refractivity contribution in [1.82, 2.24) is 4.90 Å². The van der Waals surface area contributed by atoms with Crippen molar-refractivity contribution in [3.05, 3.63) is 24.3 Å². The van der Waals surface area contributed by atoms with Crippen molar-refractivity contribution < 1.29 is 13.6 Å². The molecule has 0 aromatic heterocycles. The van der Waals surface area contributed by atoms with E-state index in [4.69, 9.17) is 0 Å². The lowest BCUT2D eigenvalue weighted by Crippen LogP contribution is -2.37. The maximum atomic E-state index is 12.6. The highest BCUT2D eigenvalue weighted by molar-refractivity contribution is 5.92. The van der Waals surface area contributed by atoms with Crippen molar-refractivity contribution in [1.29, 1.82) is 0 Å².